The minimum atomic E-state index is 0.708. The van der Waals surface area contributed by atoms with E-state index in [0.717, 1.165) is 11.5 Å². The molecule has 0 radical (unpaired) electrons. The van der Waals surface area contributed by atoms with Gasteiger partial charge in [0.1, 0.15) is 0 Å². The van der Waals surface area contributed by atoms with Crippen LogP contribution in [-0.2, 0) is 11.5 Å². The molecule has 1 fully saturated rings. The van der Waals surface area contributed by atoms with Gasteiger partial charge >= 0.3 is 0 Å². The lowest BCUT2D eigenvalue weighted by atomic mass is 9.96. The highest BCUT2D eigenvalue weighted by Crippen LogP contribution is 2.42. The zero-order valence-corrected chi connectivity index (χ0v) is 13.5. The normalized spacial score (nSPS) is 21.8. The third-order valence-corrected chi connectivity index (χ3v) is 5.89. The van der Waals surface area contributed by atoms with Crippen LogP contribution in [0.25, 0.3) is 10.9 Å². The molecule has 3 heterocycles. The van der Waals surface area contributed by atoms with Gasteiger partial charge in [0.05, 0.1) is 16.9 Å². The molecule has 1 aromatic carbocycles. The van der Waals surface area contributed by atoms with Crippen molar-refractivity contribution >= 4 is 28.4 Å². The summed E-state index contributed by atoms with van der Waals surface area (Å²) in [5.41, 5.74) is 5.52. The van der Waals surface area contributed by atoms with E-state index in [-0.39, 0.29) is 0 Å². The molecule has 0 saturated carbocycles. The summed E-state index contributed by atoms with van der Waals surface area (Å²) in [6.07, 6.45) is 5.30. The molecule has 2 aliphatic heterocycles. The van der Waals surface area contributed by atoms with Crippen LogP contribution in [0.3, 0.4) is 0 Å². The van der Waals surface area contributed by atoms with Crippen LogP contribution in [0, 0.1) is 0 Å². The van der Waals surface area contributed by atoms with Crippen LogP contribution < -0.4 is 4.90 Å². The molecule has 21 heavy (non-hydrogen) atoms. The lowest BCUT2D eigenvalue weighted by Crippen LogP contribution is -2.39. The third kappa shape index (κ3) is 2.22. The van der Waals surface area contributed by atoms with Gasteiger partial charge in [0, 0.05) is 35.0 Å². The summed E-state index contributed by atoms with van der Waals surface area (Å²) in [5.74, 6) is 2.22. The Morgan fingerprint density at radius 2 is 2.14 bits per heavy atom. The molecule has 0 amide bonds. The standard InChI is InChI=1S/C18H22N2S/c1-2-13-7-5-6-10-20(13)18-14-8-3-4-9-16(14)19-17-12-21-11-15(17)18/h3-4,8-9,13H,2,5-7,10-12H2,1H3. The molecule has 1 saturated heterocycles. The van der Waals surface area contributed by atoms with E-state index in [2.05, 4.69) is 36.1 Å². The summed E-state index contributed by atoms with van der Waals surface area (Å²) < 4.78 is 0. The van der Waals surface area contributed by atoms with Crippen molar-refractivity contribution in [3.63, 3.8) is 0 Å². The molecule has 4 rings (SSSR count). The van der Waals surface area contributed by atoms with E-state index in [1.165, 1.54) is 60.1 Å². The monoisotopic (exact) mass is 298 g/mol. The number of pyridine rings is 1. The number of nitrogens with zero attached hydrogens (tertiary/aromatic N) is 2. The lowest BCUT2D eigenvalue weighted by Gasteiger charge is -2.39. The average Bonchev–Trinajstić information content (AvgIpc) is 3.00. The molecule has 1 atom stereocenters. The molecule has 2 aromatic rings. The molecule has 0 N–H and O–H groups in total. The van der Waals surface area contributed by atoms with Gasteiger partial charge in [0.25, 0.3) is 0 Å². The average molecular weight is 298 g/mol. The zero-order chi connectivity index (χ0) is 14.2. The Hall–Kier alpha value is -1.22. The molecule has 3 heteroatoms. The van der Waals surface area contributed by atoms with Crippen LogP contribution in [0.5, 0.6) is 0 Å². The molecule has 2 aliphatic rings. The third-order valence-electron chi connectivity index (χ3n) is 4.92. The van der Waals surface area contributed by atoms with E-state index >= 15 is 0 Å². The first-order valence-corrected chi connectivity index (χ1v) is 9.29. The predicted molar refractivity (Wildman–Crippen MR) is 92.0 cm³/mol. The number of aromatic nitrogens is 1. The van der Waals surface area contributed by atoms with Gasteiger partial charge in [0.2, 0.25) is 0 Å². The van der Waals surface area contributed by atoms with E-state index in [0.29, 0.717) is 6.04 Å². The topological polar surface area (TPSA) is 16.1 Å². The molecule has 1 aromatic heterocycles. The highest BCUT2D eigenvalue weighted by molar-refractivity contribution is 7.98. The van der Waals surface area contributed by atoms with Gasteiger partial charge in [-0.05, 0) is 31.7 Å². The van der Waals surface area contributed by atoms with Gasteiger partial charge in [-0.25, -0.2) is 0 Å². The molecule has 0 spiro atoms. The van der Waals surface area contributed by atoms with Gasteiger partial charge < -0.3 is 4.90 Å². The maximum atomic E-state index is 4.91. The number of anilines is 1. The SMILES string of the molecule is CCC1CCCCN1c1c2c(nc3ccccc13)CSC2. The molecular weight excluding hydrogens is 276 g/mol. The Morgan fingerprint density at radius 1 is 1.24 bits per heavy atom. The second kappa shape index (κ2) is 5.53. The number of para-hydroxylation sites is 1. The summed E-state index contributed by atoms with van der Waals surface area (Å²) in [4.78, 5) is 7.62. The van der Waals surface area contributed by atoms with E-state index in [1.54, 1.807) is 0 Å². The van der Waals surface area contributed by atoms with Crippen LogP contribution in [0.15, 0.2) is 24.3 Å². The Balaban J connectivity index is 1.93. The van der Waals surface area contributed by atoms with Crippen molar-refractivity contribution in [1.29, 1.82) is 0 Å². The fourth-order valence-corrected chi connectivity index (χ4v) is 4.89. The number of hydrogen-bond donors (Lipinski definition) is 0. The number of benzene rings is 1. The van der Waals surface area contributed by atoms with Gasteiger partial charge in [-0.3, -0.25) is 4.98 Å². The number of piperidine rings is 1. The summed E-state index contributed by atoms with van der Waals surface area (Å²) in [5, 5.41) is 1.36. The highest BCUT2D eigenvalue weighted by Gasteiger charge is 2.28. The van der Waals surface area contributed by atoms with Crippen LogP contribution in [-0.4, -0.2) is 17.6 Å². The molecule has 0 bridgehead atoms. The van der Waals surface area contributed by atoms with Crippen LogP contribution >= 0.6 is 11.8 Å². The van der Waals surface area contributed by atoms with E-state index in [9.17, 15) is 0 Å². The Labute approximate surface area is 130 Å². The van der Waals surface area contributed by atoms with Crippen molar-refractivity contribution in [3.8, 4) is 0 Å². The Kier molecular flexibility index (Phi) is 3.54. The molecular formula is C18H22N2S. The smallest absolute Gasteiger partial charge is 0.0726 e. The first-order valence-electron chi connectivity index (χ1n) is 8.13. The minimum Gasteiger partial charge on any atom is -0.368 e. The largest absolute Gasteiger partial charge is 0.368 e. The summed E-state index contributed by atoms with van der Waals surface area (Å²) in [6, 6.07) is 9.42. The Bertz CT molecular complexity index is 668. The fourth-order valence-electron chi connectivity index (χ4n) is 3.85. The summed E-state index contributed by atoms with van der Waals surface area (Å²) >= 11 is 2.01. The quantitative estimate of drug-likeness (QED) is 0.796. The van der Waals surface area contributed by atoms with Crippen LogP contribution in [0.2, 0.25) is 0 Å². The lowest BCUT2D eigenvalue weighted by molar-refractivity contribution is 0.450. The van der Waals surface area contributed by atoms with Crippen molar-refractivity contribution in [3.05, 3.63) is 35.5 Å². The van der Waals surface area contributed by atoms with Crippen molar-refractivity contribution in [2.75, 3.05) is 11.4 Å². The fraction of sp³-hybridized carbons (Fsp3) is 0.500. The van der Waals surface area contributed by atoms with Crippen molar-refractivity contribution in [1.82, 2.24) is 4.98 Å². The number of rotatable bonds is 2. The highest BCUT2D eigenvalue weighted by atomic mass is 32.2. The first-order chi connectivity index (χ1) is 10.4. The second-order valence-corrected chi connectivity index (χ2v) is 7.13. The maximum Gasteiger partial charge on any atom is 0.0726 e. The van der Waals surface area contributed by atoms with Gasteiger partial charge in [0.15, 0.2) is 0 Å². The summed E-state index contributed by atoms with van der Waals surface area (Å²) in [7, 11) is 0. The molecule has 2 nitrogen and oxygen atoms in total. The van der Waals surface area contributed by atoms with E-state index < -0.39 is 0 Å². The number of hydrogen-bond acceptors (Lipinski definition) is 3. The van der Waals surface area contributed by atoms with Crippen LogP contribution in [0.1, 0.15) is 43.9 Å². The number of fused-ring (bicyclic) bond motifs is 2. The Morgan fingerprint density at radius 3 is 3.05 bits per heavy atom. The van der Waals surface area contributed by atoms with Crippen molar-refractivity contribution in [2.24, 2.45) is 0 Å². The second-order valence-electron chi connectivity index (χ2n) is 6.15. The zero-order valence-electron chi connectivity index (χ0n) is 12.6. The van der Waals surface area contributed by atoms with E-state index in [4.69, 9.17) is 4.98 Å². The van der Waals surface area contributed by atoms with Gasteiger partial charge in [-0.2, -0.15) is 11.8 Å². The molecule has 110 valence electrons. The maximum absolute atomic E-state index is 4.91. The van der Waals surface area contributed by atoms with Crippen LogP contribution in [0.4, 0.5) is 5.69 Å². The summed E-state index contributed by atoms with van der Waals surface area (Å²) in [6.45, 7) is 3.55. The van der Waals surface area contributed by atoms with Gasteiger partial charge in [-0.15, -0.1) is 0 Å². The number of thioether (sulfide) groups is 1. The van der Waals surface area contributed by atoms with Gasteiger partial charge in [-0.1, -0.05) is 25.1 Å². The van der Waals surface area contributed by atoms with Crippen molar-refractivity contribution in [2.45, 2.75) is 50.2 Å². The van der Waals surface area contributed by atoms with Crippen molar-refractivity contribution < 1.29 is 0 Å². The predicted octanol–water partition coefficient (Wildman–Crippen LogP) is 4.75. The molecule has 1 unspecified atom stereocenters. The van der Waals surface area contributed by atoms with E-state index in [1.807, 2.05) is 11.8 Å². The minimum absolute atomic E-state index is 0.708. The molecule has 0 aliphatic carbocycles. The first kappa shape index (κ1) is 13.4.